The molecular weight excluding hydrogens is 348 g/mol. The van der Waals surface area contributed by atoms with Crippen molar-refractivity contribution in [2.75, 3.05) is 10.6 Å². The van der Waals surface area contributed by atoms with Crippen molar-refractivity contribution in [1.29, 1.82) is 0 Å². The van der Waals surface area contributed by atoms with Crippen molar-refractivity contribution >= 4 is 34.7 Å². The van der Waals surface area contributed by atoms with Crippen LogP contribution in [0.4, 0.5) is 26.0 Å². The Bertz CT molecular complexity index is 899. The van der Waals surface area contributed by atoms with Gasteiger partial charge in [0.05, 0.1) is 11.9 Å². The standard InChI is InChI=1S/C18H12ClF2N3O/c19-12-3-1-11(2-4-12)18(25)24-14-6-8-17(22-10-14)23-13-5-7-15(20)16(21)9-13/h1-10H,(H,22,23)(H,24,25). The highest BCUT2D eigenvalue weighted by atomic mass is 35.5. The summed E-state index contributed by atoms with van der Waals surface area (Å²) in [6.07, 6.45) is 1.45. The smallest absolute Gasteiger partial charge is 0.255 e. The lowest BCUT2D eigenvalue weighted by molar-refractivity contribution is 0.102. The first kappa shape index (κ1) is 16.9. The second-order valence-corrected chi connectivity index (χ2v) is 5.58. The van der Waals surface area contributed by atoms with Crippen molar-refractivity contribution in [2.24, 2.45) is 0 Å². The summed E-state index contributed by atoms with van der Waals surface area (Å²) in [7, 11) is 0. The summed E-state index contributed by atoms with van der Waals surface area (Å²) in [6, 6.07) is 13.2. The SMILES string of the molecule is O=C(Nc1ccc(Nc2ccc(F)c(F)c2)nc1)c1ccc(Cl)cc1. The first-order chi connectivity index (χ1) is 12.0. The number of halogens is 3. The molecule has 0 aliphatic heterocycles. The minimum Gasteiger partial charge on any atom is -0.340 e. The van der Waals surface area contributed by atoms with Crippen molar-refractivity contribution in [3.63, 3.8) is 0 Å². The number of benzene rings is 2. The maximum Gasteiger partial charge on any atom is 0.255 e. The molecule has 1 heterocycles. The molecule has 25 heavy (non-hydrogen) atoms. The molecule has 2 aromatic carbocycles. The molecule has 0 aliphatic rings. The molecule has 3 aromatic rings. The van der Waals surface area contributed by atoms with E-state index in [9.17, 15) is 13.6 Å². The van der Waals surface area contributed by atoms with Gasteiger partial charge in [0.15, 0.2) is 11.6 Å². The Morgan fingerprint density at radius 1 is 0.920 bits per heavy atom. The summed E-state index contributed by atoms with van der Waals surface area (Å²) < 4.78 is 26.1. The zero-order chi connectivity index (χ0) is 17.8. The lowest BCUT2D eigenvalue weighted by Crippen LogP contribution is -2.11. The van der Waals surface area contributed by atoms with Crippen LogP contribution < -0.4 is 10.6 Å². The summed E-state index contributed by atoms with van der Waals surface area (Å²) in [5, 5.41) is 6.10. The largest absolute Gasteiger partial charge is 0.340 e. The fraction of sp³-hybridized carbons (Fsp3) is 0. The molecule has 0 unspecified atom stereocenters. The van der Waals surface area contributed by atoms with Crippen LogP contribution in [0.5, 0.6) is 0 Å². The second kappa shape index (κ2) is 7.27. The van der Waals surface area contributed by atoms with E-state index < -0.39 is 11.6 Å². The number of pyridine rings is 1. The Balaban J connectivity index is 1.66. The molecule has 0 radical (unpaired) electrons. The minimum absolute atomic E-state index is 0.292. The van der Waals surface area contributed by atoms with Crippen LogP contribution in [0.25, 0.3) is 0 Å². The Labute approximate surface area is 147 Å². The van der Waals surface area contributed by atoms with Crippen molar-refractivity contribution in [1.82, 2.24) is 4.98 Å². The van der Waals surface area contributed by atoms with Gasteiger partial charge in [0.25, 0.3) is 5.91 Å². The molecule has 0 bridgehead atoms. The van der Waals surface area contributed by atoms with Crippen molar-refractivity contribution < 1.29 is 13.6 Å². The van der Waals surface area contributed by atoms with Gasteiger partial charge >= 0.3 is 0 Å². The molecule has 0 fully saturated rings. The predicted molar refractivity (Wildman–Crippen MR) is 93.3 cm³/mol. The number of anilines is 3. The van der Waals surface area contributed by atoms with Gasteiger partial charge in [-0.2, -0.15) is 0 Å². The summed E-state index contributed by atoms with van der Waals surface area (Å²) >= 11 is 5.79. The number of nitrogens with one attached hydrogen (secondary N) is 2. The zero-order valence-electron chi connectivity index (χ0n) is 12.8. The van der Waals surface area contributed by atoms with Crippen LogP contribution in [-0.2, 0) is 0 Å². The lowest BCUT2D eigenvalue weighted by atomic mass is 10.2. The van der Waals surface area contributed by atoms with Crippen LogP contribution in [0.1, 0.15) is 10.4 Å². The Hall–Kier alpha value is -2.99. The van der Waals surface area contributed by atoms with Crippen molar-refractivity contribution in [3.8, 4) is 0 Å². The number of nitrogens with zero attached hydrogens (tertiary/aromatic N) is 1. The highest BCUT2D eigenvalue weighted by Crippen LogP contribution is 2.19. The number of aromatic nitrogens is 1. The average Bonchev–Trinajstić information content (AvgIpc) is 2.60. The van der Waals surface area contributed by atoms with E-state index in [1.807, 2.05) is 0 Å². The lowest BCUT2D eigenvalue weighted by Gasteiger charge is -2.08. The van der Waals surface area contributed by atoms with Gasteiger partial charge in [-0.15, -0.1) is 0 Å². The van der Waals surface area contributed by atoms with Crippen LogP contribution in [0.15, 0.2) is 60.8 Å². The molecule has 2 N–H and O–H groups in total. The van der Waals surface area contributed by atoms with Gasteiger partial charge in [0, 0.05) is 22.3 Å². The summed E-state index contributed by atoms with van der Waals surface area (Å²) in [6.45, 7) is 0. The van der Waals surface area contributed by atoms with Gasteiger partial charge in [-0.3, -0.25) is 4.79 Å². The molecule has 4 nitrogen and oxygen atoms in total. The maximum absolute atomic E-state index is 13.2. The van der Waals surface area contributed by atoms with Crippen LogP contribution in [0.3, 0.4) is 0 Å². The Kier molecular flexibility index (Phi) is 4.90. The molecule has 126 valence electrons. The third kappa shape index (κ3) is 4.30. The molecule has 0 aliphatic carbocycles. The fourth-order valence-electron chi connectivity index (χ4n) is 2.07. The molecule has 3 rings (SSSR count). The average molecular weight is 360 g/mol. The molecule has 1 amide bonds. The minimum atomic E-state index is -0.947. The van der Waals surface area contributed by atoms with Gasteiger partial charge in [0.1, 0.15) is 5.82 Å². The predicted octanol–water partition coefficient (Wildman–Crippen LogP) is 5.01. The molecule has 1 aromatic heterocycles. The Morgan fingerprint density at radius 2 is 1.64 bits per heavy atom. The van der Waals surface area contributed by atoms with Crippen LogP contribution in [0, 0.1) is 11.6 Å². The van der Waals surface area contributed by atoms with Crippen LogP contribution in [0.2, 0.25) is 5.02 Å². The first-order valence-corrected chi connectivity index (χ1v) is 7.64. The number of amides is 1. The molecule has 0 spiro atoms. The number of carbonyl (C=O) groups excluding carboxylic acids is 1. The first-order valence-electron chi connectivity index (χ1n) is 7.26. The monoisotopic (exact) mass is 359 g/mol. The topological polar surface area (TPSA) is 54.0 Å². The van der Waals surface area contributed by atoms with Crippen molar-refractivity contribution in [3.05, 3.63) is 83.0 Å². The zero-order valence-corrected chi connectivity index (χ0v) is 13.5. The number of rotatable bonds is 4. The maximum atomic E-state index is 13.2. The van der Waals surface area contributed by atoms with Gasteiger partial charge in [-0.25, -0.2) is 13.8 Å². The van der Waals surface area contributed by atoms with E-state index in [4.69, 9.17) is 11.6 Å². The van der Waals surface area contributed by atoms with E-state index in [0.29, 0.717) is 27.8 Å². The Morgan fingerprint density at radius 3 is 2.28 bits per heavy atom. The van der Waals surface area contributed by atoms with Gasteiger partial charge < -0.3 is 10.6 Å². The summed E-state index contributed by atoms with van der Waals surface area (Å²) in [5.74, 6) is -1.73. The number of hydrogen-bond donors (Lipinski definition) is 2. The third-order valence-corrected chi connectivity index (χ3v) is 3.57. The molecule has 0 atom stereocenters. The van der Waals surface area contributed by atoms with Crippen LogP contribution >= 0.6 is 11.6 Å². The summed E-state index contributed by atoms with van der Waals surface area (Å²) in [5.41, 5.74) is 1.33. The molecule has 0 saturated heterocycles. The highest BCUT2D eigenvalue weighted by Gasteiger charge is 2.07. The van der Waals surface area contributed by atoms with E-state index >= 15 is 0 Å². The van der Waals surface area contributed by atoms with E-state index in [1.165, 1.54) is 12.3 Å². The third-order valence-electron chi connectivity index (χ3n) is 3.32. The normalized spacial score (nSPS) is 10.4. The van der Waals surface area contributed by atoms with Gasteiger partial charge in [-0.1, -0.05) is 11.6 Å². The van der Waals surface area contributed by atoms with Crippen LogP contribution in [-0.4, -0.2) is 10.9 Å². The summed E-state index contributed by atoms with van der Waals surface area (Å²) in [4.78, 5) is 16.2. The van der Waals surface area contributed by atoms with E-state index in [2.05, 4.69) is 15.6 Å². The van der Waals surface area contributed by atoms with Gasteiger partial charge in [0.2, 0.25) is 0 Å². The quantitative estimate of drug-likeness (QED) is 0.688. The highest BCUT2D eigenvalue weighted by molar-refractivity contribution is 6.30. The van der Waals surface area contributed by atoms with Gasteiger partial charge in [-0.05, 0) is 48.5 Å². The van der Waals surface area contributed by atoms with Crippen molar-refractivity contribution in [2.45, 2.75) is 0 Å². The number of hydrogen-bond acceptors (Lipinski definition) is 3. The molecule has 0 saturated carbocycles. The van der Waals surface area contributed by atoms with E-state index in [-0.39, 0.29) is 5.91 Å². The molecule has 7 heteroatoms. The fourth-order valence-corrected chi connectivity index (χ4v) is 2.19. The van der Waals surface area contributed by atoms with E-state index in [0.717, 1.165) is 12.1 Å². The van der Waals surface area contributed by atoms with E-state index in [1.54, 1.807) is 36.4 Å². The second-order valence-electron chi connectivity index (χ2n) is 5.15. The molecular formula is C18H12ClF2N3O. The number of carbonyl (C=O) groups is 1.